The van der Waals surface area contributed by atoms with Gasteiger partial charge in [0.1, 0.15) is 0 Å². The number of rotatable bonds is 2. The number of nitrogen functional groups attached to an aromatic ring is 1. The molecule has 3 N–H and O–H groups in total. The molecule has 0 amide bonds. The Morgan fingerprint density at radius 2 is 2.12 bits per heavy atom. The van der Waals surface area contributed by atoms with E-state index in [-0.39, 0.29) is 0 Å². The van der Waals surface area contributed by atoms with Gasteiger partial charge in [0.25, 0.3) is 0 Å². The zero-order valence-electron chi connectivity index (χ0n) is 9.39. The first kappa shape index (κ1) is 10.5. The summed E-state index contributed by atoms with van der Waals surface area (Å²) in [5, 5.41) is 4.23. The van der Waals surface area contributed by atoms with Gasteiger partial charge in [0.05, 0.1) is 0 Å². The van der Waals surface area contributed by atoms with Crippen LogP contribution in [0, 0.1) is 0 Å². The molecule has 0 radical (unpaired) electrons. The van der Waals surface area contributed by atoms with Crippen LogP contribution >= 0.6 is 11.5 Å². The normalized spacial score (nSPS) is 18.7. The summed E-state index contributed by atoms with van der Waals surface area (Å²) in [6.45, 7) is 0. The molecule has 0 spiro atoms. The van der Waals surface area contributed by atoms with Crippen LogP contribution in [0.5, 0.6) is 0 Å². The summed E-state index contributed by atoms with van der Waals surface area (Å²) in [5.41, 5.74) is 8.42. The maximum atomic E-state index is 5.51. The first-order valence-corrected chi connectivity index (χ1v) is 6.51. The SMILES string of the molecule is Nc1nsc(NC2CCc3ccccc3C2)n1. The molecule has 3 rings (SSSR count). The van der Waals surface area contributed by atoms with Crippen LogP contribution in [0.2, 0.25) is 0 Å². The lowest BCUT2D eigenvalue weighted by molar-refractivity contribution is 0.610. The molecule has 0 bridgehead atoms. The molecular formula is C12H14N4S. The first-order valence-electron chi connectivity index (χ1n) is 5.74. The average Bonchev–Trinajstić information content (AvgIpc) is 2.75. The van der Waals surface area contributed by atoms with Crippen LogP contribution < -0.4 is 11.1 Å². The second-order valence-electron chi connectivity index (χ2n) is 4.31. The zero-order valence-corrected chi connectivity index (χ0v) is 10.2. The number of hydrogen-bond acceptors (Lipinski definition) is 5. The minimum atomic E-state index is 0.355. The highest BCUT2D eigenvalue weighted by molar-refractivity contribution is 7.09. The summed E-state index contributed by atoms with van der Waals surface area (Å²) in [6, 6.07) is 9.08. The third kappa shape index (κ3) is 2.24. The Labute approximate surface area is 104 Å². The Kier molecular flexibility index (Phi) is 2.68. The van der Waals surface area contributed by atoms with Crippen molar-refractivity contribution in [1.82, 2.24) is 9.36 Å². The molecule has 0 fully saturated rings. The lowest BCUT2D eigenvalue weighted by atomic mass is 9.88. The number of aromatic nitrogens is 2. The van der Waals surface area contributed by atoms with Crippen LogP contribution in [0.15, 0.2) is 24.3 Å². The molecule has 2 aromatic rings. The number of nitrogens with two attached hydrogens (primary N) is 1. The molecule has 0 saturated heterocycles. The number of anilines is 2. The molecule has 1 aromatic carbocycles. The molecule has 1 atom stereocenters. The second kappa shape index (κ2) is 4.33. The Morgan fingerprint density at radius 1 is 1.29 bits per heavy atom. The maximum absolute atomic E-state index is 5.51. The van der Waals surface area contributed by atoms with E-state index in [2.05, 4.69) is 38.9 Å². The summed E-state index contributed by atoms with van der Waals surface area (Å²) < 4.78 is 3.97. The molecule has 0 saturated carbocycles. The maximum Gasteiger partial charge on any atom is 0.233 e. The number of benzene rings is 1. The van der Waals surface area contributed by atoms with Gasteiger partial charge in [-0.05, 0) is 30.4 Å². The van der Waals surface area contributed by atoms with E-state index in [1.807, 2.05) is 0 Å². The molecular weight excluding hydrogens is 232 g/mol. The predicted octanol–water partition coefficient (Wildman–Crippen LogP) is 2.09. The molecule has 1 heterocycles. The quantitative estimate of drug-likeness (QED) is 0.851. The lowest BCUT2D eigenvalue weighted by Crippen LogP contribution is -2.27. The topological polar surface area (TPSA) is 63.8 Å². The predicted molar refractivity (Wildman–Crippen MR) is 70.2 cm³/mol. The largest absolute Gasteiger partial charge is 0.367 e. The van der Waals surface area contributed by atoms with Gasteiger partial charge in [-0.2, -0.15) is 9.36 Å². The Morgan fingerprint density at radius 3 is 2.88 bits per heavy atom. The highest BCUT2D eigenvalue weighted by Gasteiger charge is 2.18. The minimum absolute atomic E-state index is 0.355. The lowest BCUT2D eigenvalue weighted by Gasteiger charge is -2.24. The van der Waals surface area contributed by atoms with Crippen LogP contribution in [0.3, 0.4) is 0 Å². The van der Waals surface area contributed by atoms with E-state index in [9.17, 15) is 0 Å². The van der Waals surface area contributed by atoms with Crippen molar-refractivity contribution in [3.63, 3.8) is 0 Å². The van der Waals surface area contributed by atoms with E-state index in [1.165, 1.54) is 22.7 Å². The molecule has 1 aliphatic rings. The van der Waals surface area contributed by atoms with Crippen molar-refractivity contribution < 1.29 is 0 Å². The molecule has 1 unspecified atom stereocenters. The highest BCUT2D eigenvalue weighted by atomic mass is 32.1. The number of nitrogens with one attached hydrogen (secondary N) is 1. The number of fused-ring (bicyclic) bond motifs is 1. The van der Waals surface area contributed by atoms with Crippen molar-refractivity contribution in [2.75, 3.05) is 11.1 Å². The Bertz CT molecular complexity index is 523. The standard InChI is InChI=1S/C12H14N4S/c13-11-15-12(17-16-11)14-10-6-5-8-3-1-2-4-9(8)7-10/h1-4,10H,5-7H2,(H3,13,14,15,16). The van der Waals surface area contributed by atoms with E-state index in [0.29, 0.717) is 12.0 Å². The third-order valence-corrected chi connectivity index (χ3v) is 3.78. The molecule has 4 nitrogen and oxygen atoms in total. The van der Waals surface area contributed by atoms with Crippen LogP contribution in [0.1, 0.15) is 17.5 Å². The number of nitrogens with zero attached hydrogens (tertiary/aromatic N) is 2. The van der Waals surface area contributed by atoms with Crippen molar-refractivity contribution in [3.05, 3.63) is 35.4 Å². The number of aryl methyl sites for hydroxylation is 1. The molecule has 17 heavy (non-hydrogen) atoms. The van der Waals surface area contributed by atoms with Crippen molar-refractivity contribution in [3.8, 4) is 0 Å². The number of hydrogen-bond donors (Lipinski definition) is 2. The van der Waals surface area contributed by atoms with E-state index >= 15 is 0 Å². The van der Waals surface area contributed by atoms with Crippen LogP contribution in [0.25, 0.3) is 0 Å². The van der Waals surface area contributed by atoms with Crippen LogP contribution in [-0.2, 0) is 12.8 Å². The highest BCUT2D eigenvalue weighted by Crippen LogP contribution is 2.24. The van der Waals surface area contributed by atoms with Crippen molar-refractivity contribution in [2.24, 2.45) is 0 Å². The van der Waals surface area contributed by atoms with E-state index < -0.39 is 0 Å². The molecule has 5 heteroatoms. The van der Waals surface area contributed by atoms with Gasteiger partial charge < -0.3 is 11.1 Å². The fraction of sp³-hybridized carbons (Fsp3) is 0.333. The van der Waals surface area contributed by atoms with E-state index in [4.69, 9.17) is 5.73 Å². The Balaban J connectivity index is 1.72. The fourth-order valence-corrected chi connectivity index (χ4v) is 2.86. The van der Waals surface area contributed by atoms with E-state index in [1.54, 1.807) is 0 Å². The van der Waals surface area contributed by atoms with Crippen molar-refractivity contribution in [1.29, 1.82) is 0 Å². The van der Waals surface area contributed by atoms with Gasteiger partial charge in [0.15, 0.2) is 0 Å². The average molecular weight is 246 g/mol. The molecule has 1 aliphatic carbocycles. The summed E-state index contributed by atoms with van der Waals surface area (Å²) in [4.78, 5) is 4.13. The molecule has 0 aliphatic heterocycles. The van der Waals surface area contributed by atoms with Gasteiger partial charge in [-0.15, -0.1) is 0 Å². The van der Waals surface area contributed by atoms with Crippen LogP contribution in [-0.4, -0.2) is 15.4 Å². The van der Waals surface area contributed by atoms with Gasteiger partial charge in [0.2, 0.25) is 11.1 Å². The van der Waals surface area contributed by atoms with Gasteiger partial charge in [-0.3, -0.25) is 0 Å². The summed E-state index contributed by atoms with van der Waals surface area (Å²) in [6.07, 6.45) is 3.31. The minimum Gasteiger partial charge on any atom is -0.367 e. The van der Waals surface area contributed by atoms with Gasteiger partial charge in [0, 0.05) is 17.6 Å². The van der Waals surface area contributed by atoms with Gasteiger partial charge in [-0.25, -0.2) is 0 Å². The summed E-state index contributed by atoms with van der Waals surface area (Å²) >= 11 is 1.33. The van der Waals surface area contributed by atoms with Crippen molar-refractivity contribution in [2.45, 2.75) is 25.3 Å². The monoisotopic (exact) mass is 246 g/mol. The molecule has 1 aromatic heterocycles. The first-order chi connectivity index (χ1) is 8.31. The van der Waals surface area contributed by atoms with E-state index in [0.717, 1.165) is 24.4 Å². The summed E-state index contributed by atoms with van der Waals surface area (Å²) in [5.74, 6) is 0.355. The van der Waals surface area contributed by atoms with Crippen molar-refractivity contribution >= 4 is 22.6 Å². The van der Waals surface area contributed by atoms with Crippen LogP contribution in [0.4, 0.5) is 11.1 Å². The van der Waals surface area contributed by atoms with Gasteiger partial charge in [-0.1, -0.05) is 24.3 Å². The smallest absolute Gasteiger partial charge is 0.233 e. The van der Waals surface area contributed by atoms with Gasteiger partial charge >= 0.3 is 0 Å². The molecule has 88 valence electrons. The Hall–Kier alpha value is -1.62. The zero-order chi connectivity index (χ0) is 11.7. The third-order valence-electron chi connectivity index (χ3n) is 3.12. The fourth-order valence-electron chi connectivity index (χ4n) is 2.29. The second-order valence-corrected chi connectivity index (χ2v) is 5.06. The summed E-state index contributed by atoms with van der Waals surface area (Å²) in [7, 11) is 0.